The second kappa shape index (κ2) is 6.66. The number of aromatic nitrogens is 2. The maximum absolute atomic E-state index is 5.68. The van der Waals surface area contributed by atoms with Gasteiger partial charge in [0.05, 0.1) is 17.3 Å². The summed E-state index contributed by atoms with van der Waals surface area (Å²) in [4.78, 5) is 8.77. The highest BCUT2D eigenvalue weighted by Crippen LogP contribution is 2.27. The monoisotopic (exact) mass is 311 g/mol. The summed E-state index contributed by atoms with van der Waals surface area (Å²) in [7, 11) is 0. The van der Waals surface area contributed by atoms with Crippen molar-refractivity contribution in [3.63, 3.8) is 0 Å². The number of para-hydroxylation sites is 1. The quantitative estimate of drug-likeness (QED) is 0.701. The van der Waals surface area contributed by atoms with Crippen molar-refractivity contribution >= 4 is 28.5 Å². The molecule has 0 saturated heterocycles. The molecule has 0 saturated carbocycles. The molecule has 22 heavy (non-hydrogen) atoms. The lowest BCUT2D eigenvalue weighted by Crippen LogP contribution is -2.05. The first kappa shape index (κ1) is 14.7. The van der Waals surface area contributed by atoms with Gasteiger partial charge in [0, 0.05) is 35.8 Å². The zero-order valence-corrected chi connectivity index (χ0v) is 13.3. The Hall–Kier alpha value is -2.27. The van der Waals surface area contributed by atoms with Crippen molar-refractivity contribution in [2.75, 3.05) is 4.72 Å². The van der Waals surface area contributed by atoms with Gasteiger partial charge in [-0.25, -0.2) is 4.98 Å². The lowest BCUT2D eigenvalue weighted by molar-refractivity contribution is 0.241. The van der Waals surface area contributed by atoms with Gasteiger partial charge < -0.3 is 9.46 Å². The Morgan fingerprint density at radius 2 is 1.91 bits per heavy atom. The molecule has 112 valence electrons. The van der Waals surface area contributed by atoms with Crippen molar-refractivity contribution in [2.45, 2.75) is 25.0 Å². The first-order valence-electron chi connectivity index (χ1n) is 7.12. The normalized spacial score (nSPS) is 10.9. The first-order chi connectivity index (χ1) is 10.7. The van der Waals surface area contributed by atoms with Crippen molar-refractivity contribution in [2.24, 2.45) is 0 Å². The molecule has 0 aliphatic carbocycles. The number of rotatable bonds is 5. The van der Waals surface area contributed by atoms with E-state index in [0.29, 0.717) is 0 Å². The van der Waals surface area contributed by atoms with Crippen LogP contribution in [0.2, 0.25) is 0 Å². The minimum Gasteiger partial charge on any atom is -0.491 e. The molecule has 0 aliphatic rings. The third-order valence-corrected chi connectivity index (χ3v) is 3.73. The van der Waals surface area contributed by atoms with E-state index in [1.54, 1.807) is 12.4 Å². The first-order valence-corrected chi connectivity index (χ1v) is 7.93. The van der Waals surface area contributed by atoms with Crippen LogP contribution in [0.15, 0.2) is 59.9 Å². The minimum atomic E-state index is 0.149. The molecule has 4 nitrogen and oxygen atoms in total. The highest BCUT2D eigenvalue weighted by atomic mass is 32.2. The van der Waals surface area contributed by atoms with Crippen molar-refractivity contribution in [3.8, 4) is 5.75 Å². The molecule has 2 aromatic heterocycles. The predicted octanol–water partition coefficient (Wildman–Crippen LogP) is 4.54. The van der Waals surface area contributed by atoms with Crippen molar-refractivity contribution in [1.82, 2.24) is 9.97 Å². The maximum Gasteiger partial charge on any atom is 0.123 e. The van der Waals surface area contributed by atoms with E-state index in [9.17, 15) is 0 Å². The van der Waals surface area contributed by atoms with Gasteiger partial charge in [-0.3, -0.25) is 4.98 Å². The van der Waals surface area contributed by atoms with Crippen LogP contribution in [0.4, 0.5) is 5.69 Å². The van der Waals surface area contributed by atoms with Crippen LogP contribution in [-0.4, -0.2) is 16.1 Å². The predicted molar refractivity (Wildman–Crippen MR) is 91.2 cm³/mol. The van der Waals surface area contributed by atoms with E-state index < -0.39 is 0 Å². The Morgan fingerprint density at radius 1 is 1.05 bits per heavy atom. The van der Waals surface area contributed by atoms with Gasteiger partial charge in [0.2, 0.25) is 0 Å². The molecule has 2 heterocycles. The number of hydrogen-bond acceptors (Lipinski definition) is 5. The molecule has 0 radical (unpaired) electrons. The van der Waals surface area contributed by atoms with E-state index in [1.807, 2.05) is 56.3 Å². The van der Waals surface area contributed by atoms with Gasteiger partial charge in [-0.1, -0.05) is 18.2 Å². The third-order valence-electron chi connectivity index (χ3n) is 2.98. The number of pyridine rings is 2. The third kappa shape index (κ3) is 3.49. The molecule has 1 N–H and O–H groups in total. The maximum atomic E-state index is 5.68. The number of benzene rings is 1. The van der Waals surface area contributed by atoms with Crippen LogP contribution in [0.25, 0.3) is 10.9 Å². The number of nitrogens with one attached hydrogen (secondary N) is 1. The number of fused-ring (bicyclic) bond motifs is 1. The fourth-order valence-electron chi connectivity index (χ4n) is 2.09. The molecular formula is C17H17N3OS. The van der Waals surface area contributed by atoms with Gasteiger partial charge in [0.1, 0.15) is 10.8 Å². The highest BCUT2D eigenvalue weighted by molar-refractivity contribution is 8.00. The molecule has 0 unspecified atom stereocenters. The Kier molecular flexibility index (Phi) is 4.44. The highest BCUT2D eigenvalue weighted by Gasteiger charge is 2.04. The Bertz CT molecular complexity index is 771. The van der Waals surface area contributed by atoms with Gasteiger partial charge in [-0.15, -0.1) is 0 Å². The van der Waals surface area contributed by atoms with Crippen LogP contribution in [-0.2, 0) is 0 Å². The van der Waals surface area contributed by atoms with E-state index in [2.05, 4.69) is 14.7 Å². The lowest BCUT2D eigenvalue weighted by atomic mass is 10.2. The molecule has 0 atom stereocenters. The number of nitrogens with zero attached hydrogens (tertiary/aromatic N) is 2. The average molecular weight is 311 g/mol. The van der Waals surface area contributed by atoms with Gasteiger partial charge in [-0.2, -0.15) is 0 Å². The molecule has 0 spiro atoms. The van der Waals surface area contributed by atoms with Crippen molar-refractivity contribution < 1.29 is 4.74 Å². The molecule has 0 fully saturated rings. The SMILES string of the molecule is CC(C)Oc1ccnc(SNc2cccc3cccnc23)c1. The second-order valence-corrected chi connectivity index (χ2v) is 5.91. The molecule has 0 bridgehead atoms. The Morgan fingerprint density at radius 3 is 2.77 bits per heavy atom. The van der Waals surface area contributed by atoms with Crippen LogP contribution in [0.5, 0.6) is 5.75 Å². The molecule has 3 rings (SSSR count). The van der Waals surface area contributed by atoms with E-state index in [-0.39, 0.29) is 6.10 Å². The lowest BCUT2D eigenvalue weighted by Gasteiger charge is -2.11. The summed E-state index contributed by atoms with van der Waals surface area (Å²) in [6, 6.07) is 13.9. The summed E-state index contributed by atoms with van der Waals surface area (Å²) in [5.41, 5.74) is 1.92. The van der Waals surface area contributed by atoms with Crippen LogP contribution < -0.4 is 9.46 Å². The van der Waals surface area contributed by atoms with Crippen molar-refractivity contribution in [1.29, 1.82) is 0 Å². The van der Waals surface area contributed by atoms with Crippen LogP contribution in [0.1, 0.15) is 13.8 Å². The summed E-state index contributed by atoms with van der Waals surface area (Å²) < 4.78 is 9.00. The van der Waals surface area contributed by atoms with Crippen LogP contribution in [0, 0.1) is 0 Å². The van der Waals surface area contributed by atoms with E-state index >= 15 is 0 Å². The minimum absolute atomic E-state index is 0.149. The van der Waals surface area contributed by atoms with Crippen LogP contribution in [0.3, 0.4) is 0 Å². The smallest absolute Gasteiger partial charge is 0.123 e. The zero-order valence-electron chi connectivity index (χ0n) is 12.5. The summed E-state index contributed by atoms with van der Waals surface area (Å²) >= 11 is 1.45. The van der Waals surface area contributed by atoms with Crippen molar-refractivity contribution in [3.05, 3.63) is 54.9 Å². The molecule has 3 aromatic rings. The van der Waals surface area contributed by atoms with Gasteiger partial charge >= 0.3 is 0 Å². The Labute approximate surface area is 134 Å². The van der Waals surface area contributed by atoms with Gasteiger partial charge in [-0.05, 0) is 32.0 Å². The summed E-state index contributed by atoms with van der Waals surface area (Å²) in [5.74, 6) is 0.824. The standard InChI is InChI=1S/C17H17N3OS/c1-12(2)21-14-8-10-18-16(11-14)22-20-15-7-3-5-13-6-4-9-19-17(13)15/h3-12,20H,1-2H3. The fourth-order valence-corrected chi connectivity index (χ4v) is 2.75. The second-order valence-electron chi connectivity index (χ2n) is 5.08. The summed E-state index contributed by atoms with van der Waals surface area (Å²) in [6.45, 7) is 4.01. The van der Waals surface area contributed by atoms with Gasteiger partial charge in [0.25, 0.3) is 0 Å². The number of ether oxygens (including phenoxy) is 1. The average Bonchev–Trinajstić information content (AvgIpc) is 2.52. The summed E-state index contributed by atoms with van der Waals surface area (Å²) in [5, 5.41) is 1.96. The van der Waals surface area contributed by atoms with E-state index in [0.717, 1.165) is 27.4 Å². The summed E-state index contributed by atoms with van der Waals surface area (Å²) in [6.07, 6.45) is 3.70. The van der Waals surface area contributed by atoms with E-state index in [1.165, 1.54) is 11.9 Å². The Balaban J connectivity index is 1.77. The molecular weight excluding hydrogens is 294 g/mol. The molecule has 0 amide bonds. The van der Waals surface area contributed by atoms with E-state index in [4.69, 9.17) is 4.74 Å². The molecule has 0 aliphatic heterocycles. The van der Waals surface area contributed by atoms with Crippen LogP contribution >= 0.6 is 11.9 Å². The molecule has 1 aromatic carbocycles. The fraction of sp³-hybridized carbons (Fsp3) is 0.176. The topological polar surface area (TPSA) is 47.0 Å². The zero-order chi connectivity index (χ0) is 15.4. The number of anilines is 1. The molecule has 5 heteroatoms. The largest absolute Gasteiger partial charge is 0.491 e. The van der Waals surface area contributed by atoms with Gasteiger partial charge in [0.15, 0.2) is 0 Å². The number of hydrogen-bond donors (Lipinski definition) is 1.